The molecule has 0 amide bonds. The summed E-state index contributed by atoms with van der Waals surface area (Å²) < 4.78 is 50.9. The van der Waals surface area contributed by atoms with Crippen LogP contribution in [0.5, 0.6) is 69.0 Å². The minimum Gasteiger partial charge on any atom is -0.457 e. The van der Waals surface area contributed by atoms with Gasteiger partial charge in [0.05, 0.1) is 34.0 Å². The Morgan fingerprint density at radius 2 is 0.479 bits per heavy atom. The second kappa shape index (κ2) is 20.8. The third-order valence-electron chi connectivity index (χ3n) is 11.6. The minimum atomic E-state index is 0.476. The quantitative estimate of drug-likeness (QED) is 0.0947. The lowest BCUT2D eigenvalue weighted by atomic mass is 10.0. The Hall–Kier alpha value is -9.00. The van der Waals surface area contributed by atoms with E-state index in [9.17, 15) is 0 Å². The van der Waals surface area contributed by atoms with Crippen molar-refractivity contribution in [2.24, 2.45) is 0 Å². The van der Waals surface area contributed by atoms with E-state index in [1.54, 1.807) is 22.7 Å². The number of fused-ring (bicyclic) bond motifs is 1. The van der Waals surface area contributed by atoms with Gasteiger partial charge in [-0.05, 0) is 121 Å². The first-order valence-electron chi connectivity index (χ1n) is 23.4. The minimum absolute atomic E-state index is 0.476. The van der Waals surface area contributed by atoms with Crippen molar-refractivity contribution in [3.63, 3.8) is 0 Å². The molecule has 8 nitrogen and oxygen atoms in total. The molecule has 0 saturated heterocycles. The normalized spacial score (nSPS) is 11.0. The maximum atomic E-state index is 7.12. The van der Waals surface area contributed by atoms with Crippen molar-refractivity contribution < 1.29 is 28.4 Å². The molecule has 0 unspecified atom stereocenters. The lowest BCUT2D eigenvalue weighted by Gasteiger charge is -2.20. The van der Waals surface area contributed by atoms with Crippen molar-refractivity contribution in [2.75, 3.05) is 0 Å². The van der Waals surface area contributed by atoms with E-state index in [4.69, 9.17) is 37.2 Å². The highest BCUT2D eigenvalue weighted by atomic mass is 32.1. The SMILES string of the molecule is c1ccc(Oc2cccc(Oc3ccccc3)c2-c2ccc(-c3c(Oc4ccccc4)c(Oc4ccccc4)c(-c4ccc(-c5c(Oc6ccccc6)cccc5Oc5ccccc5)s4)c4nsnc34)s2)cc1. The fraction of sp³-hybridized carbons (Fsp3) is 0. The maximum Gasteiger partial charge on any atom is 0.181 e. The smallest absolute Gasteiger partial charge is 0.181 e. The summed E-state index contributed by atoms with van der Waals surface area (Å²) in [5.74, 6) is 7.55. The Morgan fingerprint density at radius 3 is 0.753 bits per heavy atom. The van der Waals surface area contributed by atoms with Gasteiger partial charge >= 0.3 is 0 Å². The average molecular weight is 1010 g/mol. The molecule has 12 aromatic rings. The Bertz CT molecular complexity index is 3430. The van der Waals surface area contributed by atoms with Gasteiger partial charge in [-0.2, -0.15) is 8.75 Å². The highest BCUT2D eigenvalue weighted by Gasteiger charge is 2.31. The third kappa shape index (κ3) is 9.76. The number of nitrogens with zero attached hydrogens (tertiary/aromatic N) is 2. The van der Waals surface area contributed by atoms with Gasteiger partial charge in [-0.1, -0.05) is 121 Å². The van der Waals surface area contributed by atoms with Crippen LogP contribution >= 0.6 is 34.4 Å². The summed E-state index contributed by atoms with van der Waals surface area (Å²) in [5.41, 5.74) is 4.35. The van der Waals surface area contributed by atoms with Crippen LogP contribution in [0.1, 0.15) is 0 Å². The topological polar surface area (TPSA) is 81.2 Å². The van der Waals surface area contributed by atoms with E-state index in [2.05, 4.69) is 24.3 Å². The predicted molar refractivity (Wildman–Crippen MR) is 294 cm³/mol. The zero-order valence-electron chi connectivity index (χ0n) is 38.7. The molecule has 0 atom stereocenters. The summed E-state index contributed by atoms with van der Waals surface area (Å²) >= 11 is 4.28. The molecular weight excluding hydrogens is 965 g/mol. The van der Waals surface area contributed by atoms with Crippen molar-refractivity contribution in [2.45, 2.75) is 0 Å². The van der Waals surface area contributed by atoms with Crippen LogP contribution in [0.2, 0.25) is 0 Å². The van der Waals surface area contributed by atoms with Crippen LogP contribution in [0.3, 0.4) is 0 Å². The van der Waals surface area contributed by atoms with Crippen LogP contribution in [-0.4, -0.2) is 8.75 Å². The summed E-state index contributed by atoms with van der Waals surface area (Å²) in [6.07, 6.45) is 0. The van der Waals surface area contributed by atoms with Crippen molar-refractivity contribution >= 4 is 45.4 Å². The molecule has 0 fully saturated rings. The highest BCUT2D eigenvalue weighted by molar-refractivity contribution is 7.19. The van der Waals surface area contributed by atoms with Crippen molar-refractivity contribution in [3.8, 4) is 111 Å². The first-order valence-corrected chi connectivity index (χ1v) is 25.7. The van der Waals surface area contributed by atoms with Gasteiger partial charge in [-0.25, -0.2) is 0 Å². The number of rotatable bonds is 16. The summed E-state index contributed by atoms with van der Waals surface area (Å²) in [4.78, 5) is 3.53. The van der Waals surface area contributed by atoms with Gasteiger partial charge < -0.3 is 28.4 Å². The Kier molecular flexibility index (Phi) is 12.8. The molecule has 0 N–H and O–H groups in total. The summed E-state index contributed by atoms with van der Waals surface area (Å²) in [5, 5.41) is 0. The number of para-hydroxylation sites is 6. The van der Waals surface area contributed by atoms with Gasteiger partial charge in [0.1, 0.15) is 68.5 Å². The molecule has 73 heavy (non-hydrogen) atoms. The van der Waals surface area contributed by atoms with Gasteiger partial charge in [0.2, 0.25) is 0 Å². The fourth-order valence-corrected chi connectivity index (χ4v) is 11.1. The van der Waals surface area contributed by atoms with E-state index < -0.39 is 0 Å². The fourth-order valence-electron chi connectivity index (χ4n) is 8.35. The van der Waals surface area contributed by atoms with Crippen LogP contribution in [0, 0.1) is 0 Å². The molecular formula is C62H40N2O6S3. The molecule has 0 radical (unpaired) electrons. The second-order valence-electron chi connectivity index (χ2n) is 16.4. The van der Waals surface area contributed by atoms with Crippen molar-refractivity contribution in [1.82, 2.24) is 8.75 Å². The van der Waals surface area contributed by atoms with Crippen LogP contribution in [0.15, 0.2) is 243 Å². The number of hydrogen-bond acceptors (Lipinski definition) is 11. The molecule has 9 aromatic carbocycles. The van der Waals surface area contributed by atoms with Crippen LogP contribution < -0.4 is 28.4 Å². The lowest BCUT2D eigenvalue weighted by Crippen LogP contribution is -1.97. The van der Waals surface area contributed by atoms with Gasteiger partial charge in [0, 0.05) is 19.5 Å². The predicted octanol–water partition coefficient (Wildman–Crippen LogP) is 19.2. The number of hydrogen-bond donors (Lipinski definition) is 0. The molecule has 12 rings (SSSR count). The molecule has 11 heteroatoms. The van der Waals surface area contributed by atoms with Gasteiger partial charge in [-0.3, -0.25) is 0 Å². The molecule has 0 saturated carbocycles. The zero-order valence-corrected chi connectivity index (χ0v) is 41.1. The molecule has 0 aliphatic carbocycles. The van der Waals surface area contributed by atoms with E-state index in [1.807, 2.05) is 218 Å². The van der Waals surface area contributed by atoms with Crippen LogP contribution in [0.4, 0.5) is 0 Å². The van der Waals surface area contributed by atoms with E-state index in [0.29, 0.717) is 80.0 Å². The molecule has 0 aliphatic rings. The molecule has 0 aliphatic heterocycles. The average Bonchev–Trinajstić information content (AvgIpc) is 4.24. The molecule has 3 aromatic heterocycles. The molecule has 0 bridgehead atoms. The third-order valence-corrected chi connectivity index (χ3v) is 14.4. The second-order valence-corrected chi connectivity index (χ2v) is 19.1. The summed E-state index contributed by atoms with van der Waals surface area (Å²) in [6, 6.07) is 78.6. The molecule has 0 spiro atoms. The van der Waals surface area contributed by atoms with E-state index in [0.717, 1.165) is 53.5 Å². The largest absolute Gasteiger partial charge is 0.457 e. The summed E-state index contributed by atoms with van der Waals surface area (Å²) in [6.45, 7) is 0. The van der Waals surface area contributed by atoms with Crippen molar-refractivity contribution in [1.29, 1.82) is 0 Å². The number of benzene rings is 9. The molecule has 352 valence electrons. The van der Waals surface area contributed by atoms with Crippen LogP contribution in [-0.2, 0) is 0 Å². The standard InChI is InChI=1S/C62H40N2O6S3/c1-7-21-41(22-8-1)65-47-33-19-34-48(66-42-23-9-2-10-24-42)55(47)51-37-39-53(71-51)57-59-60(64-73-63-59)58(62(70-46-31-17-6-18-32-46)61(57)69-45-29-15-5-16-30-45)54-40-38-52(72-54)56-49(67-43-25-11-3-12-26-43)35-20-36-50(56)68-44-27-13-4-14-28-44/h1-40H. The van der Waals surface area contributed by atoms with E-state index in [-0.39, 0.29) is 0 Å². The summed E-state index contributed by atoms with van der Waals surface area (Å²) in [7, 11) is 0. The number of ether oxygens (including phenoxy) is 6. The molecule has 3 heterocycles. The first-order chi connectivity index (χ1) is 36.2. The van der Waals surface area contributed by atoms with Crippen LogP contribution in [0.25, 0.3) is 52.8 Å². The maximum absolute atomic E-state index is 7.12. The Morgan fingerprint density at radius 1 is 0.233 bits per heavy atom. The van der Waals surface area contributed by atoms with Gasteiger partial charge in [0.25, 0.3) is 0 Å². The highest BCUT2D eigenvalue weighted by Crippen LogP contribution is 2.57. The number of thiophene rings is 2. The lowest BCUT2D eigenvalue weighted by molar-refractivity contribution is 0.422. The van der Waals surface area contributed by atoms with E-state index in [1.165, 1.54) is 0 Å². The zero-order chi connectivity index (χ0) is 48.8. The van der Waals surface area contributed by atoms with Gasteiger partial charge in [0.15, 0.2) is 11.5 Å². The Balaban J connectivity index is 1.05. The van der Waals surface area contributed by atoms with Gasteiger partial charge in [-0.15, -0.1) is 22.7 Å². The monoisotopic (exact) mass is 1000 g/mol. The van der Waals surface area contributed by atoms with Crippen molar-refractivity contribution in [3.05, 3.63) is 243 Å². The Labute approximate surface area is 433 Å². The number of aromatic nitrogens is 2. The van der Waals surface area contributed by atoms with E-state index >= 15 is 0 Å². The first kappa shape index (κ1) is 45.2.